The van der Waals surface area contributed by atoms with Crippen LogP contribution in [0.2, 0.25) is 0 Å². The molecule has 3 aliphatic rings. The predicted octanol–water partition coefficient (Wildman–Crippen LogP) is 3.12. The van der Waals surface area contributed by atoms with Crippen LogP contribution in [0.5, 0.6) is 0 Å². The maximum atomic E-state index is 12.3. The third kappa shape index (κ3) is 3.76. The normalized spacial score (nSPS) is 27.7. The molecule has 1 aromatic rings. The topological polar surface area (TPSA) is 32.3 Å². The number of halogens is 3. The SMILES string of the molecule is O=C(NC1CN2CCC1CC2)c1ccc(SC(F)(F)F)cc1. The molecule has 0 aromatic heterocycles. The average molecular weight is 330 g/mol. The van der Waals surface area contributed by atoms with E-state index in [2.05, 4.69) is 10.2 Å². The lowest BCUT2D eigenvalue weighted by Gasteiger charge is -2.44. The molecule has 1 N–H and O–H groups in total. The molecular weight excluding hydrogens is 313 g/mol. The second-order valence-corrected chi connectivity index (χ2v) is 6.93. The van der Waals surface area contributed by atoms with E-state index in [0.717, 1.165) is 32.5 Å². The Kier molecular flexibility index (Phi) is 4.36. The summed E-state index contributed by atoms with van der Waals surface area (Å²) in [4.78, 5) is 14.7. The summed E-state index contributed by atoms with van der Waals surface area (Å²) >= 11 is -0.172. The van der Waals surface area contributed by atoms with Gasteiger partial charge in [-0.1, -0.05) is 0 Å². The van der Waals surface area contributed by atoms with Crippen molar-refractivity contribution in [2.45, 2.75) is 29.3 Å². The van der Waals surface area contributed by atoms with Gasteiger partial charge in [0.25, 0.3) is 5.91 Å². The van der Waals surface area contributed by atoms with E-state index >= 15 is 0 Å². The number of hydrogen-bond donors (Lipinski definition) is 1. The van der Waals surface area contributed by atoms with Gasteiger partial charge in [0.05, 0.1) is 0 Å². The largest absolute Gasteiger partial charge is 0.446 e. The Balaban J connectivity index is 1.60. The minimum absolute atomic E-state index is 0.0897. The summed E-state index contributed by atoms with van der Waals surface area (Å²) < 4.78 is 36.8. The molecule has 1 aromatic carbocycles. The fourth-order valence-electron chi connectivity index (χ4n) is 3.19. The Morgan fingerprint density at radius 2 is 1.82 bits per heavy atom. The second-order valence-electron chi connectivity index (χ2n) is 5.79. The zero-order chi connectivity index (χ0) is 15.7. The van der Waals surface area contributed by atoms with Crippen LogP contribution in [0, 0.1) is 5.92 Å². The molecule has 1 unspecified atom stereocenters. The molecule has 0 spiro atoms. The van der Waals surface area contributed by atoms with Crippen LogP contribution in [-0.2, 0) is 0 Å². The summed E-state index contributed by atoms with van der Waals surface area (Å²) in [6, 6.07) is 5.72. The number of benzene rings is 1. The highest BCUT2D eigenvalue weighted by Crippen LogP contribution is 2.36. The number of thioether (sulfide) groups is 1. The van der Waals surface area contributed by atoms with Crippen molar-refractivity contribution in [3.63, 3.8) is 0 Å². The van der Waals surface area contributed by atoms with Crippen molar-refractivity contribution in [1.29, 1.82) is 0 Å². The van der Waals surface area contributed by atoms with E-state index in [-0.39, 0.29) is 28.6 Å². The lowest BCUT2D eigenvalue weighted by Crippen LogP contribution is -2.57. The standard InChI is InChI=1S/C15H17F3N2OS/c16-15(17,18)22-12-3-1-11(2-4-12)14(21)19-13-9-20-7-5-10(13)6-8-20/h1-4,10,13H,5-9H2,(H,19,21). The van der Waals surface area contributed by atoms with Gasteiger partial charge in [-0.2, -0.15) is 13.2 Å². The number of alkyl halides is 3. The molecule has 3 heterocycles. The Labute approximate surface area is 131 Å². The van der Waals surface area contributed by atoms with Gasteiger partial charge in [0.15, 0.2) is 0 Å². The summed E-state index contributed by atoms with van der Waals surface area (Å²) in [7, 11) is 0. The number of rotatable bonds is 3. The predicted molar refractivity (Wildman–Crippen MR) is 78.8 cm³/mol. The van der Waals surface area contributed by atoms with Gasteiger partial charge < -0.3 is 10.2 Å². The smallest absolute Gasteiger partial charge is 0.348 e. The van der Waals surface area contributed by atoms with E-state index in [0.29, 0.717) is 11.5 Å². The van der Waals surface area contributed by atoms with Gasteiger partial charge in [-0.3, -0.25) is 4.79 Å². The van der Waals surface area contributed by atoms with Gasteiger partial charge >= 0.3 is 5.51 Å². The molecule has 120 valence electrons. The number of nitrogens with one attached hydrogen (secondary N) is 1. The number of hydrogen-bond acceptors (Lipinski definition) is 3. The Morgan fingerprint density at radius 3 is 2.32 bits per heavy atom. The monoisotopic (exact) mass is 330 g/mol. The fourth-order valence-corrected chi connectivity index (χ4v) is 3.73. The lowest BCUT2D eigenvalue weighted by molar-refractivity contribution is -0.0328. The van der Waals surface area contributed by atoms with Gasteiger partial charge in [-0.25, -0.2) is 0 Å². The molecule has 3 fully saturated rings. The van der Waals surface area contributed by atoms with Crippen molar-refractivity contribution in [3.05, 3.63) is 29.8 Å². The van der Waals surface area contributed by atoms with Crippen molar-refractivity contribution in [3.8, 4) is 0 Å². The Hall–Kier alpha value is -1.21. The molecule has 4 rings (SSSR count). The summed E-state index contributed by atoms with van der Waals surface area (Å²) in [5.74, 6) is 0.316. The Morgan fingerprint density at radius 1 is 1.18 bits per heavy atom. The molecule has 7 heteroatoms. The van der Waals surface area contributed by atoms with E-state index in [1.165, 1.54) is 24.3 Å². The van der Waals surface area contributed by atoms with Crippen LogP contribution in [0.1, 0.15) is 23.2 Å². The molecule has 0 saturated carbocycles. The van der Waals surface area contributed by atoms with Gasteiger partial charge in [0.2, 0.25) is 0 Å². The van der Waals surface area contributed by atoms with Crippen molar-refractivity contribution in [2.24, 2.45) is 5.92 Å². The molecular formula is C15H17F3N2OS. The molecule has 1 amide bonds. The first-order valence-corrected chi connectivity index (χ1v) is 8.11. The molecule has 2 bridgehead atoms. The number of carbonyl (C=O) groups excluding carboxylic acids is 1. The van der Waals surface area contributed by atoms with E-state index in [4.69, 9.17) is 0 Å². The average Bonchev–Trinajstić information content (AvgIpc) is 2.47. The Bertz CT molecular complexity index is 539. The molecule has 22 heavy (non-hydrogen) atoms. The van der Waals surface area contributed by atoms with E-state index in [1.807, 2.05) is 0 Å². The first-order chi connectivity index (χ1) is 10.4. The number of piperidine rings is 3. The highest BCUT2D eigenvalue weighted by Gasteiger charge is 2.35. The molecule has 3 saturated heterocycles. The van der Waals surface area contributed by atoms with Crippen LogP contribution in [0.3, 0.4) is 0 Å². The highest BCUT2D eigenvalue weighted by molar-refractivity contribution is 8.00. The van der Waals surface area contributed by atoms with Crippen LogP contribution in [0.15, 0.2) is 29.2 Å². The second kappa shape index (κ2) is 6.12. The summed E-state index contributed by atoms with van der Waals surface area (Å²) in [5, 5.41) is 3.02. The summed E-state index contributed by atoms with van der Waals surface area (Å²) in [6.07, 6.45) is 2.21. The third-order valence-electron chi connectivity index (χ3n) is 4.32. The number of nitrogens with zero attached hydrogens (tertiary/aromatic N) is 1. The van der Waals surface area contributed by atoms with Crippen molar-refractivity contribution in [1.82, 2.24) is 10.2 Å². The lowest BCUT2D eigenvalue weighted by atomic mass is 9.84. The molecule has 3 nitrogen and oxygen atoms in total. The van der Waals surface area contributed by atoms with Crippen molar-refractivity contribution in [2.75, 3.05) is 19.6 Å². The third-order valence-corrected chi connectivity index (χ3v) is 5.06. The minimum atomic E-state index is -4.31. The molecule has 1 atom stereocenters. The highest BCUT2D eigenvalue weighted by atomic mass is 32.2. The number of fused-ring (bicyclic) bond motifs is 3. The van der Waals surface area contributed by atoms with E-state index < -0.39 is 5.51 Å². The maximum Gasteiger partial charge on any atom is 0.446 e. The van der Waals surface area contributed by atoms with Crippen LogP contribution in [0.25, 0.3) is 0 Å². The number of carbonyl (C=O) groups is 1. The van der Waals surface area contributed by atoms with E-state index in [1.54, 1.807) is 0 Å². The van der Waals surface area contributed by atoms with Gasteiger partial charge in [-0.15, -0.1) is 0 Å². The zero-order valence-electron chi connectivity index (χ0n) is 11.9. The van der Waals surface area contributed by atoms with Crippen molar-refractivity contribution >= 4 is 17.7 Å². The first kappa shape index (κ1) is 15.7. The van der Waals surface area contributed by atoms with Crippen LogP contribution >= 0.6 is 11.8 Å². The molecule has 3 aliphatic heterocycles. The molecule has 0 aliphatic carbocycles. The first-order valence-electron chi connectivity index (χ1n) is 7.30. The molecule has 0 radical (unpaired) electrons. The van der Waals surface area contributed by atoms with Gasteiger partial charge in [-0.05, 0) is 67.9 Å². The summed E-state index contributed by atoms with van der Waals surface area (Å²) in [5.41, 5.74) is -3.90. The number of amides is 1. The van der Waals surface area contributed by atoms with Crippen LogP contribution in [-0.4, -0.2) is 42.0 Å². The zero-order valence-corrected chi connectivity index (χ0v) is 12.7. The quantitative estimate of drug-likeness (QED) is 0.864. The summed E-state index contributed by atoms with van der Waals surface area (Å²) in [6.45, 7) is 3.07. The van der Waals surface area contributed by atoms with Crippen LogP contribution < -0.4 is 5.32 Å². The van der Waals surface area contributed by atoms with Crippen LogP contribution in [0.4, 0.5) is 13.2 Å². The van der Waals surface area contributed by atoms with Gasteiger partial charge in [0, 0.05) is 23.0 Å². The van der Waals surface area contributed by atoms with Gasteiger partial charge in [0.1, 0.15) is 0 Å². The fraction of sp³-hybridized carbons (Fsp3) is 0.533. The minimum Gasteiger partial charge on any atom is -0.348 e. The maximum absolute atomic E-state index is 12.3. The van der Waals surface area contributed by atoms with E-state index in [9.17, 15) is 18.0 Å². The van der Waals surface area contributed by atoms with Crippen molar-refractivity contribution < 1.29 is 18.0 Å².